The Morgan fingerprint density at radius 1 is 1.08 bits per heavy atom. The molecule has 1 aliphatic rings. The molecule has 4 nitrogen and oxygen atoms in total. The predicted octanol–water partition coefficient (Wildman–Crippen LogP) is 3.92. The Labute approximate surface area is 153 Å². The summed E-state index contributed by atoms with van der Waals surface area (Å²) in [6.07, 6.45) is 0.247. The average Bonchev–Trinajstić information content (AvgIpc) is 2.61. The van der Waals surface area contributed by atoms with E-state index in [1.807, 2.05) is 62.4 Å². The molecule has 0 bridgehead atoms. The molecule has 0 saturated heterocycles. The molecule has 0 saturated carbocycles. The van der Waals surface area contributed by atoms with Crippen LogP contribution in [0.25, 0.3) is 0 Å². The van der Waals surface area contributed by atoms with Crippen molar-refractivity contribution in [2.45, 2.75) is 39.7 Å². The average molecular weight is 349 g/mol. The van der Waals surface area contributed by atoms with Crippen LogP contribution in [0.15, 0.2) is 59.8 Å². The highest BCUT2D eigenvalue weighted by Gasteiger charge is 2.33. The minimum atomic E-state index is -0.378. The molecule has 4 heteroatoms. The van der Waals surface area contributed by atoms with Crippen molar-refractivity contribution >= 4 is 11.9 Å². The molecule has 1 atom stereocenters. The Morgan fingerprint density at radius 3 is 2.46 bits per heavy atom. The second-order valence-electron chi connectivity index (χ2n) is 6.76. The van der Waals surface area contributed by atoms with Crippen molar-refractivity contribution in [3.63, 3.8) is 0 Å². The number of amides is 1. The van der Waals surface area contributed by atoms with Crippen LogP contribution in [0.5, 0.6) is 0 Å². The summed E-state index contributed by atoms with van der Waals surface area (Å²) in [6, 6.07) is 15.7. The van der Waals surface area contributed by atoms with Gasteiger partial charge in [0.25, 0.3) is 0 Å². The van der Waals surface area contributed by atoms with Crippen LogP contribution in [0.4, 0.5) is 0 Å². The van der Waals surface area contributed by atoms with Gasteiger partial charge in [0, 0.05) is 18.0 Å². The van der Waals surface area contributed by atoms with Gasteiger partial charge >= 0.3 is 5.97 Å². The van der Waals surface area contributed by atoms with Crippen molar-refractivity contribution in [2.24, 2.45) is 0 Å². The van der Waals surface area contributed by atoms with Crippen molar-refractivity contribution in [3.05, 3.63) is 82.1 Å². The number of benzene rings is 2. The van der Waals surface area contributed by atoms with E-state index in [1.54, 1.807) is 6.92 Å². The molecular formula is C22H23NO3. The minimum Gasteiger partial charge on any atom is -0.457 e. The number of hydrogen-bond acceptors (Lipinski definition) is 3. The van der Waals surface area contributed by atoms with Gasteiger partial charge < -0.3 is 10.1 Å². The quantitative estimate of drug-likeness (QED) is 0.851. The summed E-state index contributed by atoms with van der Waals surface area (Å²) >= 11 is 0. The number of nitrogens with one attached hydrogen (secondary N) is 1. The van der Waals surface area contributed by atoms with Crippen LogP contribution >= 0.6 is 0 Å². The molecule has 0 spiro atoms. The molecule has 0 radical (unpaired) electrons. The summed E-state index contributed by atoms with van der Waals surface area (Å²) in [5.74, 6) is -0.738. The third kappa shape index (κ3) is 3.85. The molecule has 0 fully saturated rings. The highest BCUT2D eigenvalue weighted by Crippen LogP contribution is 2.35. The monoisotopic (exact) mass is 349 g/mol. The van der Waals surface area contributed by atoms with Crippen LogP contribution < -0.4 is 5.32 Å². The maximum absolute atomic E-state index is 12.8. The molecule has 1 amide bonds. The number of ether oxygens (including phenoxy) is 1. The largest absolute Gasteiger partial charge is 0.457 e. The van der Waals surface area contributed by atoms with Gasteiger partial charge in [-0.05, 0) is 37.5 Å². The lowest BCUT2D eigenvalue weighted by Gasteiger charge is -2.27. The Morgan fingerprint density at radius 2 is 1.77 bits per heavy atom. The number of aryl methyl sites for hydroxylation is 2. The van der Waals surface area contributed by atoms with E-state index in [-0.39, 0.29) is 30.8 Å². The van der Waals surface area contributed by atoms with Gasteiger partial charge in [-0.1, -0.05) is 54.1 Å². The second-order valence-corrected chi connectivity index (χ2v) is 6.76. The van der Waals surface area contributed by atoms with Crippen molar-refractivity contribution in [2.75, 3.05) is 0 Å². The van der Waals surface area contributed by atoms with Crippen molar-refractivity contribution in [3.8, 4) is 0 Å². The van der Waals surface area contributed by atoms with E-state index in [1.165, 1.54) is 0 Å². The Kier molecular flexibility index (Phi) is 5.21. The lowest BCUT2D eigenvalue weighted by atomic mass is 9.82. The van der Waals surface area contributed by atoms with Crippen LogP contribution in [0, 0.1) is 13.8 Å². The zero-order valence-corrected chi connectivity index (χ0v) is 15.3. The molecule has 2 aromatic carbocycles. The third-order valence-electron chi connectivity index (χ3n) is 4.74. The number of carbonyl (C=O) groups is 2. The smallest absolute Gasteiger partial charge is 0.336 e. The van der Waals surface area contributed by atoms with E-state index < -0.39 is 0 Å². The topological polar surface area (TPSA) is 55.4 Å². The van der Waals surface area contributed by atoms with Gasteiger partial charge in [-0.25, -0.2) is 4.79 Å². The van der Waals surface area contributed by atoms with Gasteiger partial charge in [-0.15, -0.1) is 0 Å². The molecule has 1 heterocycles. The Balaban J connectivity index is 1.85. The molecule has 26 heavy (non-hydrogen) atoms. The van der Waals surface area contributed by atoms with Crippen LogP contribution in [0.3, 0.4) is 0 Å². The van der Waals surface area contributed by atoms with Crippen molar-refractivity contribution in [1.29, 1.82) is 0 Å². The first-order valence-electron chi connectivity index (χ1n) is 8.74. The molecule has 2 aromatic rings. The van der Waals surface area contributed by atoms with E-state index in [0.29, 0.717) is 11.3 Å². The summed E-state index contributed by atoms with van der Waals surface area (Å²) in [4.78, 5) is 24.9. The summed E-state index contributed by atoms with van der Waals surface area (Å²) in [7, 11) is 0. The standard InChI is InChI=1S/C22H23NO3/c1-14-8-10-17(11-9-14)13-26-22(25)21-16(3)23-20(24)12-19(21)18-7-5-4-6-15(18)2/h4-11,19H,12-13H2,1-3H3,(H,23,24)/t19-/m0/s1. The zero-order chi connectivity index (χ0) is 18.7. The van der Waals surface area contributed by atoms with Crippen LogP contribution in [-0.2, 0) is 20.9 Å². The fourth-order valence-corrected chi connectivity index (χ4v) is 3.33. The van der Waals surface area contributed by atoms with Gasteiger partial charge in [0.1, 0.15) is 6.61 Å². The second kappa shape index (κ2) is 7.56. The fourth-order valence-electron chi connectivity index (χ4n) is 3.33. The fraction of sp³-hybridized carbons (Fsp3) is 0.273. The SMILES string of the molecule is CC1=C(C(=O)OCc2ccc(C)cc2)[C@H](c2ccccc2C)CC(=O)N1. The van der Waals surface area contributed by atoms with Crippen LogP contribution in [-0.4, -0.2) is 11.9 Å². The molecule has 1 N–H and O–H groups in total. The summed E-state index contributed by atoms with van der Waals surface area (Å²) < 4.78 is 5.56. The number of carbonyl (C=O) groups excluding carboxylic acids is 2. The summed E-state index contributed by atoms with van der Waals surface area (Å²) in [5.41, 5.74) is 5.25. The molecule has 0 unspecified atom stereocenters. The number of rotatable bonds is 4. The van der Waals surface area contributed by atoms with E-state index in [0.717, 1.165) is 22.3 Å². The lowest BCUT2D eigenvalue weighted by molar-refractivity contribution is -0.141. The van der Waals surface area contributed by atoms with Crippen LogP contribution in [0.1, 0.15) is 41.5 Å². The highest BCUT2D eigenvalue weighted by molar-refractivity contribution is 5.95. The van der Waals surface area contributed by atoms with E-state index in [4.69, 9.17) is 4.74 Å². The highest BCUT2D eigenvalue weighted by atomic mass is 16.5. The summed E-state index contributed by atoms with van der Waals surface area (Å²) in [5, 5.41) is 2.77. The molecule has 134 valence electrons. The Hall–Kier alpha value is -2.88. The molecular weight excluding hydrogens is 326 g/mol. The maximum atomic E-state index is 12.8. The van der Waals surface area contributed by atoms with E-state index in [9.17, 15) is 9.59 Å². The van der Waals surface area contributed by atoms with Gasteiger partial charge in [0.2, 0.25) is 5.91 Å². The van der Waals surface area contributed by atoms with Gasteiger partial charge in [-0.2, -0.15) is 0 Å². The maximum Gasteiger partial charge on any atom is 0.336 e. The summed E-state index contributed by atoms with van der Waals surface area (Å²) in [6.45, 7) is 5.98. The van der Waals surface area contributed by atoms with Crippen LogP contribution in [0.2, 0.25) is 0 Å². The molecule has 0 aliphatic carbocycles. The third-order valence-corrected chi connectivity index (χ3v) is 4.74. The predicted molar refractivity (Wildman–Crippen MR) is 100 cm³/mol. The number of esters is 1. The van der Waals surface area contributed by atoms with E-state index in [2.05, 4.69) is 5.32 Å². The van der Waals surface area contributed by atoms with E-state index >= 15 is 0 Å². The van der Waals surface area contributed by atoms with Crippen molar-refractivity contribution < 1.29 is 14.3 Å². The van der Waals surface area contributed by atoms with Crippen molar-refractivity contribution in [1.82, 2.24) is 5.32 Å². The molecule has 1 aliphatic heterocycles. The minimum absolute atomic E-state index is 0.0779. The zero-order valence-electron chi connectivity index (χ0n) is 15.3. The Bertz CT molecular complexity index is 865. The number of allylic oxidation sites excluding steroid dienone is 1. The molecule has 3 rings (SSSR count). The number of hydrogen-bond donors (Lipinski definition) is 1. The van der Waals surface area contributed by atoms with Gasteiger partial charge in [-0.3, -0.25) is 4.79 Å². The lowest BCUT2D eigenvalue weighted by Crippen LogP contribution is -2.34. The first-order chi connectivity index (χ1) is 12.5. The first kappa shape index (κ1) is 17.9. The molecule has 0 aromatic heterocycles. The first-order valence-corrected chi connectivity index (χ1v) is 8.74. The normalized spacial score (nSPS) is 17.0. The van der Waals surface area contributed by atoms with Gasteiger partial charge in [0.15, 0.2) is 0 Å². The van der Waals surface area contributed by atoms with Gasteiger partial charge in [0.05, 0.1) is 5.57 Å².